The molecule has 0 saturated heterocycles. The van der Waals surface area contributed by atoms with E-state index in [1.165, 1.54) is 0 Å². The number of nitrogens with one attached hydrogen (secondary N) is 2. The highest BCUT2D eigenvalue weighted by molar-refractivity contribution is 6.06. The Morgan fingerprint density at radius 1 is 0.350 bits per heavy atom. The normalized spacial score (nSPS) is 12.0. The van der Waals surface area contributed by atoms with Gasteiger partial charge in [-0.15, -0.1) is 0 Å². The fourth-order valence-corrected chi connectivity index (χ4v) is 5.76. The molecule has 4 aromatic carbocycles. The summed E-state index contributed by atoms with van der Waals surface area (Å²) in [6.45, 7) is 0. The van der Waals surface area contributed by atoms with Gasteiger partial charge in [0, 0.05) is 43.8 Å². The van der Waals surface area contributed by atoms with Crippen molar-refractivity contribution in [2.45, 2.75) is 0 Å². The molecule has 1 aliphatic carbocycles. The lowest BCUT2D eigenvalue weighted by Crippen LogP contribution is -1.82. The van der Waals surface area contributed by atoms with Crippen molar-refractivity contribution < 1.29 is 0 Å². The molecule has 0 atom stereocenters. The average molecular weight is 514 g/mol. The van der Waals surface area contributed by atoms with Crippen LogP contribution in [0.1, 0.15) is 0 Å². The minimum absolute atomic E-state index is 0.613. The first-order chi connectivity index (χ1) is 19.8. The van der Waals surface area contributed by atoms with Crippen LogP contribution in [0.5, 0.6) is 0 Å². The molecule has 2 N–H and O–H groups in total. The third kappa shape index (κ3) is 3.03. The first-order valence-electron chi connectivity index (χ1n) is 13.1. The number of benzene rings is 4. The molecule has 0 radical (unpaired) electrons. The summed E-state index contributed by atoms with van der Waals surface area (Å²) in [7, 11) is 0. The Balaban J connectivity index is 1.51. The maximum Gasteiger partial charge on any atom is 0.164 e. The summed E-state index contributed by atoms with van der Waals surface area (Å²) in [6.07, 6.45) is 0. The Hall–Kier alpha value is -5.69. The molecule has 0 amide bonds. The Bertz CT molecular complexity index is 2020. The predicted molar refractivity (Wildman–Crippen MR) is 158 cm³/mol. The molecular weight excluding hydrogens is 494 g/mol. The van der Waals surface area contributed by atoms with Gasteiger partial charge in [-0.1, -0.05) is 97.1 Å². The fraction of sp³-hybridized carbons (Fsp3) is 0. The second-order valence-corrected chi connectivity index (χ2v) is 9.95. The Kier molecular flexibility index (Phi) is 4.20. The van der Waals surface area contributed by atoms with Crippen molar-refractivity contribution in [3.8, 4) is 45.3 Å². The lowest BCUT2D eigenvalue weighted by molar-refractivity contribution is 1.21. The van der Waals surface area contributed by atoms with Gasteiger partial charge in [0.2, 0.25) is 0 Å². The summed E-state index contributed by atoms with van der Waals surface area (Å²) < 4.78 is 0. The molecule has 7 aromatic rings. The highest BCUT2D eigenvalue weighted by Gasteiger charge is 2.20. The van der Waals surface area contributed by atoms with Crippen molar-refractivity contribution >= 4 is 44.1 Å². The third-order valence-electron chi connectivity index (χ3n) is 7.62. The summed E-state index contributed by atoms with van der Waals surface area (Å²) in [4.78, 5) is 32.2. The number of fused-ring (bicyclic) bond motifs is 20. The zero-order chi connectivity index (χ0) is 26.2. The second-order valence-electron chi connectivity index (χ2n) is 9.95. The summed E-state index contributed by atoms with van der Waals surface area (Å²) in [6, 6.07) is 34.7. The predicted octanol–water partition coefficient (Wildman–Crippen LogP) is 7.47. The van der Waals surface area contributed by atoms with Gasteiger partial charge in [0.15, 0.2) is 11.6 Å². The first-order valence-corrected chi connectivity index (χ1v) is 13.1. The molecule has 0 fully saturated rings. The van der Waals surface area contributed by atoms with Crippen molar-refractivity contribution in [2.24, 2.45) is 0 Å². The van der Waals surface area contributed by atoms with Crippen molar-refractivity contribution in [3.05, 3.63) is 103 Å². The second kappa shape index (κ2) is 7.91. The Labute approximate surface area is 227 Å². The van der Waals surface area contributed by atoms with Crippen molar-refractivity contribution in [2.75, 3.05) is 0 Å². The molecule has 186 valence electrons. The van der Waals surface area contributed by atoms with E-state index in [-0.39, 0.29) is 0 Å². The number of hydrogen-bond acceptors (Lipinski definition) is 5. The zero-order valence-electron chi connectivity index (χ0n) is 21.1. The zero-order valence-corrected chi connectivity index (χ0v) is 21.1. The number of H-pyrrole nitrogens is 2. The van der Waals surface area contributed by atoms with Gasteiger partial charge in [-0.3, -0.25) is 0 Å². The number of hydrogen-bond donors (Lipinski definition) is 2. The van der Waals surface area contributed by atoms with Gasteiger partial charge in [-0.2, -0.15) is 0 Å². The monoisotopic (exact) mass is 513 g/mol. The minimum atomic E-state index is 0.613. The maximum atomic E-state index is 5.13. The molecule has 1 aliphatic heterocycles. The summed E-state index contributed by atoms with van der Waals surface area (Å²) in [5.41, 5.74) is 8.57. The van der Waals surface area contributed by atoms with Crippen LogP contribution in [-0.4, -0.2) is 34.9 Å². The molecular formula is C33H19N7. The number of aromatic nitrogens is 7. The summed E-state index contributed by atoms with van der Waals surface area (Å²) >= 11 is 0. The molecule has 4 heterocycles. The average Bonchev–Trinajstić information content (AvgIpc) is 3.73. The lowest BCUT2D eigenvalue weighted by atomic mass is 10.1. The Morgan fingerprint density at radius 2 is 0.700 bits per heavy atom. The minimum Gasteiger partial charge on any atom is -0.324 e. The van der Waals surface area contributed by atoms with E-state index in [0.29, 0.717) is 22.9 Å². The molecule has 0 saturated carbocycles. The highest BCUT2D eigenvalue weighted by atomic mass is 15.0. The van der Waals surface area contributed by atoms with E-state index >= 15 is 0 Å². The third-order valence-corrected chi connectivity index (χ3v) is 7.62. The van der Waals surface area contributed by atoms with E-state index in [0.717, 1.165) is 66.5 Å². The fourth-order valence-electron chi connectivity index (χ4n) is 5.76. The number of aromatic amines is 2. The van der Waals surface area contributed by atoms with Gasteiger partial charge < -0.3 is 9.97 Å². The van der Waals surface area contributed by atoms with Gasteiger partial charge >= 0.3 is 0 Å². The van der Waals surface area contributed by atoms with Crippen molar-refractivity contribution in [3.63, 3.8) is 0 Å². The standard InChI is InChI=1S/C33H19N7/c1-2-10-19-18(9-1)26-17-27(19)35-29-21-12-4-6-14-23(21)31(37-29)39-33-25-16-8-7-15-24(25)32(40-33)38-30-22-13-5-3-11-20(22)28(34-26)36-30/h1-17H,(H2,34,35,36,37,38,39,40). The quantitative estimate of drug-likeness (QED) is 0.219. The van der Waals surface area contributed by atoms with Crippen LogP contribution in [0.15, 0.2) is 103 Å². The molecule has 9 rings (SSSR count). The maximum absolute atomic E-state index is 5.13. The molecule has 7 heteroatoms. The van der Waals surface area contributed by atoms with Gasteiger partial charge in [0.1, 0.15) is 22.6 Å². The van der Waals surface area contributed by atoms with E-state index in [1.807, 2.05) is 66.7 Å². The van der Waals surface area contributed by atoms with E-state index in [2.05, 4.69) is 46.4 Å². The van der Waals surface area contributed by atoms with Gasteiger partial charge in [0.25, 0.3) is 0 Å². The van der Waals surface area contributed by atoms with E-state index in [4.69, 9.17) is 24.9 Å². The van der Waals surface area contributed by atoms with Crippen LogP contribution in [0.3, 0.4) is 0 Å². The topological polar surface area (TPSA) is 96.0 Å². The van der Waals surface area contributed by atoms with Crippen LogP contribution >= 0.6 is 0 Å². The smallest absolute Gasteiger partial charge is 0.164 e. The molecule has 40 heavy (non-hydrogen) atoms. The van der Waals surface area contributed by atoms with E-state index in [9.17, 15) is 0 Å². The van der Waals surface area contributed by atoms with Crippen LogP contribution in [0, 0.1) is 0 Å². The number of rotatable bonds is 0. The highest BCUT2D eigenvalue weighted by Crippen LogP contribution is 2.38. The number of nitrogens with zero attached hydrogens (tertiary/aromatic N) is 5. The molecule has 2 aliphatic rings. The van der Waals surface area contributed by atoms with Crippen LogP contribution in [-0.2, 0) is 0 Å². The molecule has 7 nitrogen and oxygen atoms in total. The molecule has 0 spiro atoms. The van der Waals surface area contributed by atoms with Crippen LogP contribution in [0.4, 0.5) is 0 Å². The van der Waals surface area contributed by atoms with E-state index in [1.54, 1.807) is 0 Å². The largest absolute Gasteiger partial charge is 0.324 e. The van der Waals surface area contributed by atoms with Gasteiger partial charge in [-0.25, -0.2) is 24.9 Å². The summed E-state index contributed by atoms with van der Waals surface area (Å²) in [5.74, 6) is 1.23. The van der Waals surface area contributed by atoms with Crippen LogP contribution < -0.4 is 0 Å². The van der Waals surface area contributed by atoms with Crippen molar-refractivity contribution in [1.29, 1.82) is 0 Å². The first kappa shape index (κ1) is 21.3. The molecule has 3 aromatic heterocycles. The lowest BCUT2D eigenvalue weighted by Gasteiger charge is -1.98. The SMILES string of the molecule is c1ccc2c(c1)-c1cc-2nc2[nH]c(nc3nc(nc4[nH]c(n1)c1ccccc41)-c1ccccc1-3)c1ccccc21. The van der Waals surface area contributed by atoms with Crippen molar-refractivity contribution in [1.82, 2.24) is 34.9 Å². The molecule has 0 unspecified atom stereocenters. The van der Waals surface area contributed by atoms with E-state index < -0.39 is 0 Å². The van der Waals surface area contributed by atoms with Crippen LogP contribution in [0.25, 0.3) is 89.4 Å². The van der Waals surface area contributed by atoms with Gasteiger partial charge in [0.05, 0.1) is 11.4 Å². The summed E-state index contributed by atoms with van der Waals surface area (Å²) in [5, 5.41) is 3.96. The van der Waals surface area contributed by atoms with Crippen LogP contribution in [0.2, 0.25) is 0 Å². The Morgan fingerprint density at radius 3 is 1.12 bits per heavy atom. The molecule has 8 bridgehead atoms. The van der Waals surface area contributed by atoms with Gasteiger partial charge in [-0.05, 0) is 6.07 Å².